The van der Waals surface area contributed by atoms with Crippen LogP contribution >= 0.6 is 0 Å². The fourth-order valence-corrected chi connectivity index (χ4v) is 1.32. The average Bonchev–Trinajstić information content (AvgIpc) is 2.26. The van der Waals surface area contributed by atoms with Gasteiger partial charge < -0.3 is 10.5 Å². The number of hydrogen-bond acceptors (Lipinski definition) is 2. The molecule has 0 aliphatic carbocycles. The Morgan fingerprint density at radius 3 is 2.53 bits per heavy atom. The lowest BCUT2D eigenvalue weighted by Gasteiger charge is -2.17. The zero-order valence-electron chi connectivity index (χ0n) is 9.86. The summed E-state index contributed by atoms with van der Waals surface area (Å²) in [5.41, 5.74) is 7.17. The van der Waals surface area contributed by atoms with Crippen LogP contribution in [0.3, 0.4) is 0 Å². The predicted octanol–water partition coefficient (Wildman–Crippen LogP) is 2.61. The van der Waals surface area contributed by atoms with E-state index in [9.17, 15) is 0 Å². The lowest BCUT2D eigenvalue weighted by Crippen LogP contribution is -2.33. The zero-order chi connectivity index (χ0) is 11.3. The molecule has 0 saturated carbocycles. The van der Waals surface area contributed by atoms with Gasteiger partial charge in [0.25, 0.3) is 0 Å². The molecule has 0 radical (unpaired) electrons. The summed E-state index contributed by atoms with van der Waals surface area (Å²) in [7, 11) is 0. The van der Waals surface area contributed by atoms with Gasteiger partial charge in [0, 0.05) is 6.04 Å². The average molecular weight is 207 g/mol. The summed E-state index contributed by atoms with van der Waals surface area (Å²) in [5.74, 6) is 1.43. The largest absolute Gasteiger partial charge is 0.492 e. The van der Waals surface area contributed by atoms with Crippen LogP contribution in [0.2, 0.25) is 0 Å². The molecule has 1 rings (SSSR count). The molecule has 0 amide bonds. The highest BCUT2D eigenvalue weighted by molar-refractivity contribution is 5.33. The van der Waals surface area contributed by atoms with Crippen molar-refractivity contribution in [3.63, 3.8) is 0 Å². The molecule has 0 heterocycles. The van der Waals surface area contributed by atoms with Gasteiger partial charge in [0.2, 0.25) is 0 Å². The Balaban J connectivity index is 2.57. The smallest absolute Gasteiger partial charge is 0.122 e. The summed E-state index contributed by atoms with van der Waals surface area (Å²) in [6.45, 7) is 6.94. The molecule has 1 aromatic carbocycles. The van der Waals surface area contributed by atoms with Gasteiger partial charge in [-0.25, -0.2) is 0 Å². The molecule has 2 heteroatoms. The zero-order valence-corrected chi connectivity index (χ0v) is 9.86. The van der Waals surface area contributed by atoms with E-state index in [2.05, 4.69) is 26.8 Å². The summed E-state index contributed by atoms with van der Waals surface area (Å²) < 4.78 is 5.73. The summed E-state index contributed by atoms with van der Waals surface area (Å²) in [6, 6.07) is 8.24. The molecule has 0 fully saturated rings. The first kappa shape index (κ1) is 12.1. The van der Waals surface area contributed by atoms with Crippen molar-refractivity contribution in [2.24, 2.45) is 11.7 Å². The van der Waals surface area contributed by atoms with E-state index in [0.29, 0.717) is 12.5 Å². The molecule has 0 aromatic heterocycles. The molecule has 0 aliphatic heterocycles. The Kier molecular flexibility index (Phi) is 4.63. The van der Waals surface area contributed by atoms with E-state index in [1.54, 1.807) is 0 Å². The minimum atomic E-state index is 0.106. The number of aryl methyl sites for hydroxylation is 1. The molecule has 0 bridgehead atoms. The molecule has 0 saturated heterocycles. The third-order valence-corrected chi connectivity index (χ3v) is 2.64. The number of nitrogens with two attached hydrogens (primary N) is 1. The lowest BCUT2D eigenvalue weighted by atomic mass is 10.1. The third kappa shape index (κ3) is 3.56. The minimum Gasteiger partial charge on any atom is -0.492 e. The third-order valence-electron chi connectivity index (χ3n) is 2.64. The Labute approximate surface area is 92.4 Å². The molecular weight excluding hydrogens is 186 g/mol. The van der Waals surface area contributed by atoms with Gasteiger partial charge in [0.1, 0.15) is 12.4 Å². The second-order valence-corrected chi connectivity index (χ2v) is 4.18. The van der Waals surface area contributed by atoms with E-state index < -0.39 is 0 Å². The lowest BCUT2D eigenvalue weighted by molar-refractivity contribution is 0.257. The van der Waals surface area contributed by atoms with Crippen molar-refractivity contribution in [3.05, 3.63) is 29.8 Å². The number of para-hydroxylation sites is 1. The number of hydrogen-bond donors (Lipinski definition) is 1. The van der Waals surface area contributed by atoms with Crippen molar-refractivity contribution < 1.29 is 4.74 Å². The van der Waals surface area contributed by atoms with E-state index in [4.69, 9.17) is 10.5 Å². The second kappa shape index (κ2) is 5.76. The molecule has 0 spiro atoms. The van der Waals surface area contributed by atoms with Gasteiger partial charge in [0.05, 0.1) is 0 Å². The number of rotatable bonds is 5. The van der Waals surface area contributed by atoms with Crippen molar-refractivity contribution in [3.8, 4) is 5.75 Å². The van der Waals surface area contributed by atoms with Crippen molar-refractivity contribution in [1.29, 1.82) is 0 Å². The summed E-state index contributed by atoms with van der Waals surface area (Å²) >= 11 is 0. The fraction of sp³-hybridized carbons (Fsp3) is 0.538. The molecule has 84 valence electrons. The topological polar surface area (TPSA) is 35.2 Å². The normalized spacial score (nSPS) is 12.9. The van der Waals surface area contributed by atoms with Gasteiger partial charge >= 0.3 is 0 Å². The standard InChI is InChI=1S/C13H21NO/c1-4-11-7-5-6-8-13(11)15-9-12(14)10(2)3/h5-8,10,12H,4,9,14H2,1-3H3. The monoisotopic (exact) mass is 207 g/mol. The molecule has 1 aromatic rings. The first-order valence-electron chi connectivity index (χ1n) is 5.61. The predicted molar refractivity (Wildman–Crippen MR) is 64.1 cm³/mol. The summed E-state index contributed by atoms with van der Waals surface area (Å²) in [4.78, 5) is 0. The molecule has 2 nitrogen and oxygen atoms in total. The van der Waals surface area contributed by atoms with Crippen molar-refractivity contribution in [1.82, 2.24) is 0 Å². The van der Waals surface area contributed by atoms with E-state index >= 15 is 0 Å². The fourth-order valence-electron chi connectivity index (χ4n) is 1.32. The van der Waals surface area contributed by atoms with Gasteiger partial charge in [-0.2, -0.15) is 0 Å². The molecular formula is C13H21NO. The van der Waals surface area contributed by atoms with Gasteiger partial charge in [0.15, 0.2) is 0 Å². The van der Waals surface area contributed by atoms with Crippen LogP contribution < -0.4 is 10.5 Å². The Bertz CT molecular complexity index is 296. The molecule has 0 aliphatic rings. The van der Waals surface area contributed by atoms with Crippen LogP contribution in [-0.2, 0) is 6.42 Å². The van der Waals surface area contributed by atoms with Gasteiger partial charge in [-0.1, -0.05) is 39.0 Å². The van der Waals surface area contributed by atoms with Crippen LogP contribution in [0.5, 0.6) is 5.75 Å². The van der Waals surface area contributed by atoms with E-state index in [1.807, 2.05) is 18.2 Å². The Morgan fingerprint density at radius 1 is 1.27 bits per heavy atom. The van der Waals surface area contributed by atoms with Crippen molar-refractivity contribution in [2.75, 3.05) is 6.61 Å². The highest BCUT2D eigenvalue weighted by Gasteiger charge is 2.09. The molecule has 2 N–H and O–H groups in total. The van der Waals surface area contributed by atoms with Crippen LogP contribution in [0.15, 0.2) is 24.3 Å². The SMILES string of the molecule is CCc1ccccc1OCC(N)C(C)C. The highest BCUT2D eigenvalue weighted by Crippen LogP contribution is 2.18. The second-order valence-electron chi connectivity index (χ2n) is 4.18. The van der Waals surface area contributed by atoms with Gasteiger partial charge in [-0.3, -0.25) is 0 Å². The molecule has 1 atom stereocenters. The van der Waals surface area contributed by atoms with Gasteiger partial charge in [-0.15, -0.1) is 0 Å². The van der Waals surface area contributed by atoms with Crippen molar-refractivity contribution >= 4 is 0 Å². The van der Waals surface area contributed by atoms with Crippen LogP contribution in [-0.4, -0.2) is 12.6 Å². The minimum absolute atomic E-state index is 0.106. The molecule has 1 unspecified atom stereocenters. The highest BCUT2D eigenvalue weighted by atomic mass is 16.5. The molecule has 15 heavy (non-hydrogen) atoms. The number of benzene rings is 1. The quantitative estimate of drug-likeness (QED) is 0.805. The van der Waals surface area contributed by atoms with E-state index in [0.717, 1.165) is 12.2 Å². The Morgan fingerprint density at radius 2 is 1.93 bits per heavy atom. The number of ether oxygens (including phenoxy) is 1. The van der Waals surface area contributed by atoms with Crippen LogP contribution in [0.4, 0.5) is 0 Å². The van der Waals surface area contributed by atoms with Crippen molar-refractivity contribution in [2.45, 2.75) is 33.2 Å². The maximum atomic E-state index is 5.93. The van der Waals surface area contributed by atoms with E-state index in [-0.39, 0.29) is 6.04 Å². The van der Waals surface area contributed by atoms with Crippen LogP contribution in [0.1, 0.15) is 26.3 Å². The maximum Gasteiger partial charge on any atom is 0.122 e. The van der Waals surface area contributed by atoms with E-state index in [1.165, 1.54) is 5.56 Å². The summed E-state index contributed by atoms with van der Waals surface area (Å²) in [5, 5.41) is 0. The first-order valence-corrected chi connectivity index (χ1v) is 5.61. The maximum absolute atomic E-state index is 5.93. The Hall–Kier alpha value is -1.02. The summed E-state index contributed by atoms with van der Waals surface area (Å²) in [6.07, 6.45) is 0.993. The van der Waals surface area contributed by atoms with Crippen LogP contribution in [0, 0.1) is 5.92 Å². The van der Waals surface area contributed by atoms with Crippen LogP contribution in [0.25, 0.3) is 0 Å². The van der Waals surface area contributed by atoms with Gasteiger partial charge in [-0.05, 0) is 24.0 Å². The first-order chi connectivity index (χ1) is 7.15.